The van der Waals surface area contributed by atoms with Crippen LogP contribution >= 0.6 is 0 Å². The quantitative estimate of drug-likeness (QED) is 0.593. The van der Waals surface area contributed by atoms with Crippen LogP contribution in [0.1, 0.15) is 48.6 Å². The average molecular weight is 371 g/mol. The first kappa shape index (κ1) is 19.0. The summed E-state index contributed by atoms with van der Waals surface area (Å²) in [7, 11) is 0. The smallest absolute Gasteiger partial charge is 0.351 e. The number of hydrogen-bond acceptors (Lipinski definition) is 5. The molecule has 1 aliphatic heterocycles. The maximum Gasteiger partial charge on any atom is 0.351 e. The second-order valence-corrected chi connectivity index (χ2v) is 7.09. The molecule has 0 saturated carbocycles. The van der Waals surface area contributed by atoms with Crippen molar-refractivity contribution in [3.05, 3.63) is 47.3 Å². The molecular weight excluding hydrogens is 346 g/mol. The number of ketones is 1. The molecular formula is C21H25NO5. The van der Waals surface area contributed by atoms with E-state index in [-0.39, 0.29) is 18.4 Å². The molecule has 1 aromatic heterocycles. The van der Waals surface area contributed by atoms with Crippen LogP contribution in [0.15, 0.2) is 30.3 Å². The van der Waals surface area contributed by atoms with Gasteiger partial charge in [-0.05, 0) is 52.8 Å². The summed E-state index contributed by atoms with van der Waals surface area (Å²) in [6, 6.07) is 9.23. The van der Waals surface area contributed by atoms with E-state index in [1.54, 1.807) is 25.1 Å². The van der Waals surface area contributed by atoms with Crippen molar-refractivity contribution < 1.29 is 23.8 Å². The predicted octanol–water partition coefficient (Wildman–Crippen LogP) is 3.64. The van der Waals surface area contributed by atoms with Gasteiger partial charge in [0.15, 0.2) is 18.1 Å². The van der Waals surface area contributed by atoms with E-state index in [2.05, 4.69) is 18.4 Å². The normalized spacial score (nSPS) is 18.4. The molecule has 27 heavy (non-hydrogen) atoms. The number of Topliss-reactive ketones (excluding diaryl/α,β-unsaturated/α-hetero) is 1. The highest BCUT2D eigenvalue weighted by molar-refractivity contribution is 5.99. The molecule has 6 nitrogen and oxygen atoms in total. The molecule has 2 aromatic rings. The molecule has 0 radical (unpaired) electrons. The SMILES string of the molecule is Cc1cc(C(=O)COC(=O)C2Oc3ccccc3OC2C)c(C)n1C(C)C. The first-order valence-corrected chi connectivity index (χ1v) is 9.10. The number of nitrogens with zero attached hydrogens (tertiary/aromatic N) is 1. The molecule has 0 N–H and O–H groups in total. The summed E-state index contributed by atoms with van der Waals surface area (Å²) >= 11 is 0. The van der Waals surface area contributed by atoms with E-state index in [0.717, 1.165) is 11.4 Å². The van der Waals surface area contributed by atoms with Crippen LogP contribution in [-0.4, -0.2) is 35.1 Å². The van der Waals surface area contributed by atoms with Gasteiger partial charge in [-0.25, -0.2) is 4.79 Å². The molecule has 2 unspecified atom stereocenters. The standard InChI is InChI=1S/C21H25NO5/c1-12(2)22-13(3)10-16(14(22)4)17(23)11-25-21(24)20-15(5)26-18-8-6-7-9-19(18)27-20/h6-10,12,15,20H,11H2,1-5H3. The molecule has 0 spiro atoms. The number of carbonyl (C=O) groups is 2. The maximum atomic E-state index is 12.6. The van der Waals surface area contributed by atoms with Crippen LogP contribution in [-0.2, 0) is 9.53 Å². The molecule has 1 aromatic carbocycles. The largest absolute Gasteiger partial charge is 0.482 e. The number of rotatable bonds is 5. The van der Waals surface area contributed by atoms with Crippen molar-refractivity contribution in [3.8, 4) is 11.5 Å². The third-order valence-corrected chi connectivity index (χ3v) is 4.72. The van der Waals surface area contributed by atoms with Gasteiger partial charge in [0.05, 0.1) is 0 Å². The lowest BCUT2D eigenvalue weighted by Crippen LogP contribution is -2.44. The second kappa shape index (κ2) is 7.47. The van der Waals surface area contributed by atoms with Gasteiger partial charge in [-0.3, -0.25) is 4.79 Å². The number of esters is 1. The molecule has 2 heterocycles. The Labute approximate surface area is 159 Å². The zero-order valence-corrected chi connectivity index (χ0v) is 16.3. The van der Waals surface area contributed by atoms with Crippen molar-refractivity contribution in [1.29, 1.82) is 0 Å². The van der Waals surface area contributed by atoms with Gasteiger partial charge in [0.1, 0.15) is 6.10 Å². The van der Waals surface area contributed by atoms with Crippen LogP contribution in [0.25, 0.3) is 0 Å². The molecule has 0 bridgehead atoms. The fourth-order valence-electron chi connectivity index (χ4n) is 3.53. The van der Waals surface area contributed by atoms with Crippen molar-refractivity contribution in [2.45, 2.75) is 52.9 Å². The highest BCUT2D eigenvalue weighted by Gasteiger charge is 2.35. The van der Waals surface area contributed by atoms with Crippen LogP contribution in [0, 0.1) is 13.8 Å². The third kappa shape index (κ3) is 3.70. The van der Waals surface area contributed by atoms with Crippen molar-refractivity contribution in [3.63, 3.8) is 0 Å². The van der Waals surface area contributed by atoms with Crippen molar-refractivity contribution in [2.24, 2.45) is 0 Å². The van der Waals surface area contributed by atoms with Crippen LogP contribution in [0.3, 0.4) is 0 Å². The van der Waals surface area contributed by atoms with Crippen LogP contribution < -0.4 is 9.47 Å². The number of fused-ring (bicyclic) bond motifs is 1. The Morgan fingerprint density at radius 1 is 1.15 bits per heavy atom. The van der Waals surface area contributed by atoms with Gasteiger partial charge in [0.2, 0.25) is 11.9 Å². The van der Waals surface area contributed by atoms with Gasteiger partial charge < -0.3 is 18.8 Å². The van der Waals surface area contributed by atoms with Gasteiger partial charge in [-0.15, -0.1) is 0 Å². The number of carbonyl (C=O) groups excluding carboxylic acids is 2. The molecule has 0 aliphatic carbocycles. The van der Waals surface area contributed by atoms with E-state index in [9.17, 15) is 9.59 Å². The first-order chi connectivity index (χ1) is 12.8. The lowest BCUT2D eigenvalue weighted by molar-refractivity contribution is -0.156. The van der Waals surface area contributed by atoms with Gasteiger partial charge in [-0.2, -0.15) is 0 Å². The summed E-state index contributed by atoms with van der Waals surface area (Å²) in [5.41, 5.74) is 2.46. The zero-order valence-electron chi connectivity index (χ0n) is 16.3. The summed E-state index contributed by atoms with van der Waals surface area (Å²) in [6.07, 6.45) is -1.41. The minimum Gasteiger partial charge on any atom is -0.482 e. The number of benzene rings is 1. The Morgan fingerprint density at radius 2 is 1.78 bits per heavy atom. The topological polar surface area (TPSA) is 66.8 Å². The summed E-state index contributed by atoms with van der Waals surface area (Å²) in [5.74, 6) is 0.242. The number of aryl methyl sites for hydroxylation is 1. The van der Waals surface area contributed by atoms with E-state index >= 15 is 0 Å². The summed E-state index contributed by atoms with van der Waals surface area (Å²) in [6.45, 7) is 9.40. The fraction of sp³-hybridized carbons (Fsp3) is 0.429. The van der Waals surface area contributed by atoms with Crippen molar-refractivity contribution in [2.75, 3.05) is 6.61 Å². The summed E-state index contributed by atoms with van der Waals surface area (Å²) in [4.78, 5) is 25.0. The number of hydrogen-bond donors (Lipinski definition) is 0. The monoisotopic (exact) mass is 371 g/mol. The Kier molecular flexibility index (Phi) is 5.26. The molecule has 144 valence electrons. The van der Waals surface area contributed by atoms with E-state index in [4.69, 9.17) is 14.2 Å². The number of ether oxygens (including phenoxy) is 3. The number of aromatic nitrogens is 1. The van der Waals surface area contributed by atoms with Gasteiger partial charge >= 0.3 is 5.97 Å². The lowest BCUT2D eigenvalue weighted by Gasteiger charge is -2.30. The van der Waals surface area contributed by atoms with Gasteiger partial charge in [0, 0.05) is 23.0 Å². The van der Waals surface area contributed by atoms with Gasteiger partial charge in [-0.1, -0.05) is 12.1 Å². The molecule has 0 saturated heterocycles. The molecule has 1 aliphatic rings. The molecule has 3 rings (SSSR count). The van der Waals surface area contributed by atoms with E-state index in [0.29, 0.717) is 17.1 Å². The number of para-hydroxylation sites is 2. The minimum absolute atomic E-state index is 0.229. The molecule has 2 atom stereocenters. The van der Waals surface area contributed by atoms with Crippen LogP contribution in [0.5, 0.6) is 11.5 Å². The fourth-order valence-corrected chi connectivity index (χ4v) is 3.53. The van der Waals surface area contributed by atoms with Crippen LogP contribution in [0.2, 0.25) is 0 Å². The minimum atomic E-state index is -0.907. The lowest BCUT2D eigenvalue weighted by atomic mass is 10.1. The second-order valence-electron chi connectivity index (χ2n) is 7.09. The Hall–Kier alpha value is -2.76. The average Bonchev–Trinajstić information content (AvgIpc) is 2.93. The highest BCUT2D eigenvalue weighted by Crippen LogP contribution is 2.33. The first-order valence-electron chi connectivity index (χ1n) is 9.10. The molecule has 0 amide bonds. The highest BCUT2D eigenvalue weighted by atomic mass is 16.6. The summed E-state index contributed by atoms with van der Waals surface area (Å²) < 4.78 is 18.7. The Balaban J connectivity index is 1.66. The Morgan fingerprint density at radius 3 is 2.37 bits per heavy atom. The van der Waals surface area contributed by atoms with E-state index in [1.807, 2.05) is 26.0 Å². The summed E-state index contributed by atoms with van der Waals surface area (Å²) in [5, 5.41) is 0. The van der Waals surface area contributed by atoms with Gasteiger partial charge in [0.25, 0.3) is 0 Å². The van der Waals surface area contributed by atoms with E-state index in [1.165, 1.54) is 0 Å². The van der Waals surface area contributed by atoms with Crippen LogP contribution in [0.4, 0.5) is 0 Å². The van der Waals surface area contributed by atoms with Crippen molar-refractivity contribution >= 4 is 11.8 Å². The molecule has 6 heteroatoms. The maximum absolute atomic E-state index is 12.6. The predicted molar refractivity (Wildman–Crippen MR) is 101 cm³/mol. The third-order valence-electron chi connectivity index (χ3n) is 4.72. The zero-order chi connectivity index (χ0) is 19.7. The van der Waals surface area contributed by atoms with E-state index < -0.39 is 18.2 Å². The van der Waals surface area contributed by atoms with Crippen molar-refractivity contribution in [1.82, 2.24) is 4.57 Å². The molecule has 0 fully saturated rings. The Bertz CT molecular complexity index is 867.